The van der Waals surface area contributed by atoms with Crippen LogP contribution in [0, 0.1) is 10.1 Å². The Morgan fingerprint density at radius 2 is 2.03 bits per heavy atom. The fourth-order valence-corrected chi connectivity index (χ4v) is 3.97. The Labute approximate surface area is 203 Å². The number of hydrogen-bond acceptors (Lipinski definition) is 10. The Morgan fingerprint density at radius 3 is 2.75 bits per heavy atom. The molecular formula is C23H21F2N7O4. The molecule has 11 nitrogen and oxygen atoms in total. The predicted molar refractivity (Wildman–Crippen MR) is 128 cm³/mol. The van der Waals surface area contributed by atoms with E-state index in [1.807, 2.05) is 37.2 Å². The smallest absolute Gasteiger partial charge is 0.387 e. The third-order valence-electron chi connectivity index (χ3n) is 5.94. The summed E-state index contributed by atoms with van der Waals surface area (Å²) >= 11 is 0. The molecule has 0 amide bonds. The van der Waals surface area contributed by atoms with E-state index in [-0.39, 0.29) is 34.8 Å². The van der Waals surface area contributed by atoms with Gasteiger partial charge in [0.2, 0.25) is 5.95 Å². The molecule has 5 rings (SSSR count). The second kappa shape index (κ2) is 9.34. The van der Waals surface area contributed by atoms with E-state index in [9.17, 15) is 18.9 Å². The lowest BCUT2D eigenvalue weighted by Crippen LogP contribution is -2.57. The highest BCUT2D eigenvalue weighted by Gasteiger charge is 2.34. The molecule has 0 bridgehead atoms. The lowest BCUT2D eigenvalue weighted by molar-refractivity contribution is -0.384. The van der Waals surface area contributed by atoms with Crippen molar-refractivity contribution in [3.8, 4) is 17.1 Å². The number of anilines is 3. The van der Waals surface area contributed by atoms with Crippen molar-refractivity contribution < 1.29 is 23.0 Å². The van der Waals surface area contributed by atoms with Crippen LogP contribution in [0.3, 0.4) is 0 Å². The van der Waals surface area contributed by atoms with Crippen molar-refractivity contribution in [1.29, 1.82) is 0 Å². The maximum atomic E-state index is 13.2. The summed E-state index contributed by atoms with van der Waals surface area (Å²) in [5.41, 5.74) is 1.32. The number of likely N-dealkylation sites (N-methyl/N-ethyl adjacent to an activating group) is 1. The van der Waals surface area contributed by atoms with Gasteiger partial charge in [-0.25, -0.2) is 9.97 Å². The van der Waals surface area contributed by atoms with Crippen LogP contribution < -0.4 is 15.0 Å². The number of nitrogens with zero attached hydrogens (tertiary/aromatic N) is 6. The van der Waals surface area contributed by atoms with Gasteiger partial charge < -0.3 is 24.4 Å². The molecule has 0 aliphatic carbocycles. The zero-order valence-electron chi connectivity index (χ0n) is 19.3. The molecule has 2 aromatic heterocycles. The van der Waals surface area contributed by atoms with Gasteiger partial charge in [-0.15, -0.1) is 0 Å². The molecule has 3 heterocycles. The first kappa shape index (κ1) is 23.4. The molecule has 1 saturated heterocycles. The molecule has 1 aliphatic rings. The van der Waals surface area contributed by atoms with Crippen molar-refractivity contribution in [1.82, 2.24) is 20.0 Å². The Bertz CT molecular complexity index is 1420. The van der Waals surface area contributed by atoms with Crippen LogP contribution in [-0.4, -0.2) is 64.8 Å². The standard InChI is InChI=1S/C23H21F2N7O4/c1-30(2)13-11-31(12-13)17-10-20(35-22(24)25)16(9-18(17)32(33)34)28-23-26-8-7-15(27-23)21-14-5-3-4-6-19(14)36-29-21/h3-10,13,22H,11-12H2,1-2H3,(H,26,27,28). The van der Waals surface area contributed by atoms with E-state index in [1.54, 1.807) is 17.0 Å². The van der Waals surface area contributed by atoms with E-state index in [0.717, 1.165) is 11.5 Å². The summed E-state index contributed by atoms with van der Waals surface area (Å²) in [7, 11) is 3.81. The highest BCUT2D eigenvalue weighted by Crippen LogP contribution is 2.41. The molecule has 1 aliphatic heterocycles. The first-order valence-corrected chi connectivity index (χ1v) is 10.9. The first-order valence-electron chi connectivity index (χ1n) is 10.9. The number of nitro groups is 1. The number of nitrogens with one attached hydrogen (secondary N) is 1. The van der Waals surface area contributed by atoms with Crippen LogP contribution in [0.25, 0.3) is 22.4 Å². The van der Waals surface area contributed by atoms with Crippen molar-refractivity contribution in [3.63, 3.8) is 0 Å². The van der Waals surface area contributed by atoms with E-state index in [4.69, 9.17) is 9.26 Å². The molecule has 0 atom stereocenters. The third-order valence-corrected chi connectivity index (χ3v) is 5.94. The lowest BCUT2D eigenvalue weighted by Gasteiger charge is -2.44. The van der Waals surface area contributed by atoms with Crippen molar-refractivity contribution >= 4 is 34.0 Å². The number of halogens is 2. The highest BCUT2D eigenvalue weighted by atomic mass is 19.3. The number of fused-ring (bicyclic) bond motifs is 1. The average Bonchev–Trinajstić information content (AvgIpc) is 3.23. The molecule has 2 aromatic carbocycles. The largest absolute Gasteiger partial charge is 0.433 e. The maximum absolute atomic E-state index is 13.2. The van der Waals surface area contributed by atoms with Crippen molar-refractivity contribution in [2.45, 2.75) is 12.7 Å². The van der Waals surface area contributed by atoms with Gasteiger partial charge in [0.05, 0.1) is 21.7 Å². The van der Waals surface area contributed by atoms with Crippen molar-refractivity contribution in [2.24, 2.45) is 0 Å². The molecule has 0 unspecified atom stereocenters. The summed E-state index contributed by atoms with van der Waals surface area (Å²) < 4.78 is 36.5. The van der Waals surface area contributed by atoms with E-state index >= 15 is 0 Å². The molecule has 0 radical (unpaired) electrons. The molecule has 1 fully saturated rings. The number of nitro benzene ring substituents is 1. The Balaban J connectivity index is 1.50. The second-order valence-electron chi connectivity index (χ2n) is 8.41. The number of para-hydroxylation sites is 1. The minimum Gasteiger partial charge on any atom is -0.433 e. The Kier molecular flexibility index (Phi) is 6.06. The molecule has 0 saturated carbocycles. The van der Waals surface area contributed by atoms with Gasteiger partial charge in [0.15, 0.2) is 11.3 Å². The predicted octanol–water partition coefficient (Wildman–Crippen LogP) is 4.29. The molecule has 4 aromatic rings. The molecule has 13 heteroatoms. The van der Waals surface area contributed by atoms with Crippen LogP contribution >= 0.6 is 0 Å². The second-order valence-corrected chi connectivity index (χ2v) is 8.41. The summed E-state index contributed by atoms with van der Waals surface area (Å²) in [6.07, 6.45) is 1.45. The zero-order chi connectivity index (χ0) is 25.4. The average molecular weight is 497 g/mol. The van der Waals surface area contributed by atoms with Gasteiger partial charge >= 0.3 is 6.61 Å². The fourth-order valence-electron chi connectivity index (χ4n) is 3.97. The fraction of sp³-hybridized carbons (Fsp3) is 0.261. The van der Waals surface area contributed by atoms with Gasteiger partial charge in [0.25, 0.3) is 5.69 Å². The molecule has 186 valence electrons. The normalized spacial score (nSPS) is 13.9. The maximum Gasteiger partial charge on any atom is 0.387 e. The number of aromatic nitrogens is 3. The van der Waals surface area contributed by atoms with Gasteiger partial charge in [-0.05, 0) is 32.3 Å². The zero-order valence-corrected chi connectivity index (χ0v) is 19.3. The van der Waals surface area contributed by atoms with Crippen LogP contribution in [0.15, 0.2) is 53.2 Å². The summed E-state index contributed by atoms with van der Waals surface area (Å²) in [5.74, 6) is -0.253. The first-order chi connectivity index (χ1) is 17.3. The summed E-state index contributed by atoms with van der Waals surface area (Å²) in [6, 6.07) is 11.4. The van der Waals surface area contributed by atoms with Crippen molar-refractivity contribution in [3.05, 3.63) is 58.8 Å². The molecular weight excluding hydrogens is 476 g/mol. The van der Waals surface area contributed by atoms with E-state index in [2.05, 4.69) is 20.4 Å². The number of rotatable bonds is 8. The van der Waals surface area contributed by atoms with Gasteiger partial charge in [-0.3, -0.25) is 10.1 Å². The van der Waals surface area contributed by atoms with Crippen LogP contribution in [0.2, 0.25) is 0 Å². The van der Waals surface area contributed by atoms with E-state index in [0.29, 0.717) is 30.1 Å². The quantitative estimate of drug-likeness (QED) is 0.279. The number of alkyl halides is 2. The summed E-state index contributed by atoms with van der Waals surface area (Å²) in [4.78, 5) is 23.6. The summed E-state index contributed by atoms with van der Waals surface area (Å²) in [6.45, 7) is -2.10. The Morgan fingerprint density at radius 1 is 1.25 bits per heavy atom. The summed E-state index contributed by atoms with van der Waals surface area (Å²) in [5, 5.41) is 19.4. The monoisotopic (exact) mass is 497 g/mol. The van der Waals surface area contributed by atoms with Crippen LogP contribution in [-0.2, 0) is 0 Å². The third kappa shape index (κ3) is 4.47. The van der Waals surface area contributed by atoms with E-state index in [1.165, 1.54) is 12.3 Å². The molecule has 36 heavy (non-hydrogen) atoms. The van der Waals surface area contributed by atoms with Crippen LogP contribution in [0.4, 0.5) is 31.8 Å². The minimum atomic E-state index is -3.14. The van der Waals surface area contributed by atoms with Gasteiger partial charge in [0.1, 0.15) is 11.4 Å². The van der Waals surface area contributed by atoms with Crippen LogP contribution in [0.1, 0.15) is 0 Å². The SMILES string of the molecule is CN(C)C1CN(c2cc(OC(F)F)c(Nc3nccc(-c4noc5ccccc45)n3)cc2[N+](=O)[O-])C1. The van der Waals surface area contributed by atoms with Gasteiger partial charge in [0, 0.05) is 37.5 Å². The minimum absolute atomic E-state index is 0.0115. The van der Waals surface area contributed by atoms with Crippen molar-refractivity contribution in [2.75, 3.05) is 37.4 Å². The van der Waals surface area contributed by atoms with Gasteiger partial charge in [-0.2, -0.15) is 8.78 Å². The Hall–Kier alpha value is -4.39. The van der Waals surface area contributed by atoms with Crippen LogP contribution in [0.5, 0.6) is 5.75 Å². The topological polar surface area (TPSA) is 123 Å². The van der Waals surface area contributed by atoms with E-state index < -0.39 is 11.5 Å². The van der Waals surface area contributed by atoms with Gasteiger partial charge in [-0.1, -0.05) is 17.3 Å². The number of ether oxygens (including phenoxy) is 1. The number of benzene rings is 2. The molecule has 1 N–H and O–H groups in total. The lowest BCUT2D eigenvalue weighted by atomic mass is 10.1. The number of hydrogen-bond donors (Lipinski definition) is 1. The highest BCUT2D eigenvalue weighted by molar-refractivity contribution is 5.90. The molecule has 0 spiro atoms.